The number of hydrogen-bond donors (Lipinski definition) is 0. The quantitative estimate of drug-likeness (QED) is 0.264. The Bertz CT molecular complexity index is 228. The van der Waals surface area contributed by atoms with Gasteiger partial charge in [0, 0.05) is 6.61 Å². The molecule has 0 unspecified atom stereocenters. The Morgan fingerprint density at radius 3 is 2.00 bits per heavy atom. The number of hydrogen-bond acceptors (Lipinski definition) is 4. The largest absolute Gasteiger partial charge is 0.460 e. The van der Waals surface area contributed by atoms with E-state index in [9.17, 15) is 4.79 Å². The Morgan fingerprint density at radius 1 is 0.857 bits per heavy atom. The molecule has 0 radical (unpaired) electrons. The van der Waals surface area contributed by atoms with Crippen molar-refractivity contribution in [3.8, 4) is 0 Å². The van der Waals surface area contributed by atoms with E-state index in [0.29, 0.717) is 38.8 Å². The summed E-state index contributed by atoms with van der Waals surface area (Å²) in [7, 11) is 0.199. The van der Waals surface area contributed by atoms with Crippen LogP contribution in [0.4, 0.5) is 0 Å². The van der Waals surface area contributed by atoms with Gasteiger partial charge in [0.25, 0.3) is 0 Å². The fourth-order valence-electron chi connectivity index (χ4n) is 1.73. The van der Waals surface area contributed by atoms with Crippen LogP contribution < -0.4 is 0 Å². The molecular formula is C16H33O4S+. The molecule has 0 aliphatic heterocycles. The summed E-state index contributed by atoms with van der Waals surface area (Å²) in [6.45, 7) is 9.01. The van der Waals surface area contributed by atoms with E-state index >= 15 is 0 Å². The lowest BCUT2D eigenvalue weighted by atomic mass is 10.4. The number of carbonyl (C=O) groups excluding carboxylic acids is 1. The van der Waals surface area contributed by atoms with Crippen molar-refractivity contribution in [2.24, 2.45) is 0 Å². The van der Waals surface area contributed by atoms with Gasteiger partial charge in [-0.05, 0) is 30.7 Å². The highest BCUT2D eigenvalue weighted by molar-refractivity contribution is 7.97. The van der Waals surface area contributed by atoms with Crippen LogP contribution in [0.3, 0.4) is 0 Å². The van der Waals surface area contributed by atoms with Gasteiger partial charge in [-0.3, -0.25) is 0 Å². The lowest BCUT2D eigenvalue weighted by molar-refractivity contribution is -0.142. The molecule has 0 atom stereocenters. The third kappa shape index (κ3) is 14.4. The molecule has 21 heavy (non-hydrogen) atoms. The second kappa shape index (κ2) is 16.1. The lowest BCUT2D eigenvalue weighted by Crippen LogP contribution is -2.25. The highest BCUT2D eigenvalue weighted by atomic mass is 32.2. The summed E-state index contributed by atoms with van der Waals surface area (Å²) >= 11 is 0. The van der Waals surface area contributed by atoms with Gasteiger partial charge in [-0.25, -0.2) is 4.79 Å². The summed E-state index contributed by atoms with van der Waals surface area (Å²) in [5, 5.41) is 0. The predicted molar refractivity (Wildman–Crippen MR) is 90.1 cm³/mol. The van der Waals surface area contributed by atoms with E-state index in [1.165, 1.54) is 25.7 Å². The van der Waals surface area contributed by atoms with Crippen molar-refractivity contribution < 1.29 is 19.0 Å². The Labute approximate surface area is 133 Å². The zero-order valence-corrected chi connectivity index (χ0v) is 14.8. The fraction of sp³-hybridized carbons (Fsp3) is 0.938. The van der Waals surface area contributed by atoms with Crippen LogP contribution in [0.2, 0.25) is 0 Å². The number of rotatable bonds is 15. The molecule has 126 valence electrons. The van der Waals surface area contributed by atoms with Crippen LogP contribution in [-0.4, -0.2) is 56.3 Å². The maximum Gasteiger partial charge on any atom is 0.356 e. The smallest absolute Gasteiger partial charge is 0.356 e. The first-order chi connectivity index (χ1) is 10.2. The van der Waals surface area contributed by atoms with Crippen LogP contribution in [0.15, 0.2) is 0 Å². The van der Waals surface area contributed by atoms with Crippen LogP contribution >= 0.6 is 0 Å². The molecule has 0 aliphatic rings. The molecule has 0 aliphatic carbocycles. The Kier molecular flexibility index (Phi) is 15.9. The van der Waals surface area contributed by atoms with Crippen molar-refractivity contribution >= 4 is 16.9 Å². The van der Waals surface area contributed by atoms with Gasteiger partial charge in [0.15, 0.2) is 0 Å². The van der Waals surface area contributed by atoms with E-state index in [0.717, 1.165) is 11.5 Å². The normalized spacial score (nSPS) is 11.0. The van der Waals surface area contributed by atoms with Gasteiger partial charge in [0.1, 0.15) is 18.1 Å². The van der Waals surface area contributed by atoms with Crippen LogP contribution in [-0.2, 0) is 29.9 Å². The minimum atomic E-state index is -0.0704. The molecule has 0 amide bonds. The van der Waals surface area contributed by atoms with Crippen molar-refractivity contribution in [1.29, 1.82) is 0 Å². The van der Waals surface area contributed by atoms with Crippen molar-refractivity contribution in [2.45, 2.75) is 46.5 Å². The van der Waals surface area contributed by atoms with Gasteiger partial charge in [-0.1, -0.05) is 26.7 Å². The maximum absolute atomic E-state index is 11.8. The van der Waals surface area contributed by atoms with Crippen molar-refractivity contribution in [1.82, 2.24) is 0 Å². The summed E-state index contributed by atoms with van der Waals surface area (Å²) in [6.07, 6.45) is 4.80. The standard InChI is InChI=1S/C16H33O4S/c1-4-7-13-21(14-8-5-2)15-16(17)20-12-11-19-10-9-18-6-3/h4-15H2,1-3H3/q+1. The zero-order chi connectivity index (χ0) is 15.8. The summed E-state index contributed by atoms with van der Waals surface area (Å²) in [4.78, 5) is 11.8. The van der Waals surface area contributed by atoms with Crippen LogP contribution in [0.5, 0.6) is 0 Å². The maximum atomic E-state index is 11.8. The molecule has 0 aromatic carbocycles. The van der Waals surface area contributed by atoms with Crippen molar-refractivity contribution in [3.05, 3.63) is 0 Å². The SMILES string of the molecule is CCCC[S+](CCCC)CC(=O)OCCOCCOCC. The molecule has 0 aromatic rings. The van der Waals surface area contributed by atoms with Gasteiger partial charge in [0.2, 0.25) is 5.75 Å². The zero-order valence-electron chi connectivity index (χ0n) is 14.0. The van der Waals surface area contributed by atoms with E-state index in [2.05, 4.69) is 13.8 Å². The molecule has 0 bridgehead atoms. The fourth-order valence-corrected chi connectivity index (χ4v) is 4.03. The van der Waals surface area contributed by atoms with E-state index < -0.39 is 0 Å². The average Bonchev–Trinajstić information content (AvgIpc) is 2.49. The van der Waals surface area contributed by atoms with Crippen molar-refractivity contribution in [3.63, 3.8) is 0 Å². The van der Waals surface area contributed by atoms with Gasteiger partial charge in [-0.15, -0.1) is 0 Å². The summed E-state index contributed by atoms with van der Waals surface area (Å²) in [5.41, 5.74) is 0. The summed E-state index contributed by atoms with van der Waals surface area (Å²) in [5.74, 6) is 2.84. The first-order valence-corrected chi connectivity index (χ1v) is 9.92. The molecule has 4 nitrogen and oxygen atoms in total. The van der Waals surface area contributed by atoms with Gasteiger partial charge in [0.05, 0.1) is 19.8 Å². The van der Waals surface area contributed by atoms with E-state index in [-0.39, 0.29) is 16.9 Å². The molecule has 0 saturated heterocycles. The second-order valence-electron chi connectivity index (χ2n) is 4.90. The molecule has 0 saturated carbocycles. The topological polar surface area (TPSA) is 44.8 Å². The van der Waals surface area contributed by atoms with E-state index in [1.54, 1.807) is 0 Å². The number of esters is 1. The van der Waals surface area contributed by atoms with Gasteiger partial charge < -0.3 is 14.2 Å². The average molecular weight is 322 g/mol. The number of unbranched alkanes of at least 4 members (excludes halogenated alkanes) is 2. The lowest BCUT2D eigenvalue weighted by Gasteiger charge is -2.09. The van der Waals surface area contributed by atoms with Gasteiger partial charge >= 0.3 is 5.97 Å². The second-order valence-corrected chi connectivity index (χ2v) is 7.23. The molecule has 0 aromatic heterocycles. The highest BCUT2D eigenvalue weighted by Gasteiger charge is 2.22. The highest BCUT2D eigenvalue weighted by Crippen LogP contribution is 2.06. The first kappa shape index (κ1) is 20.7. The summed E-state index contributed by atoms with van der Waals surface area (Å²) < 4.78 is 15.7. The van der Waals surface area contributed by atoms with Crippen molar-refractivity contribution in [2.75, 3.05) is 50.3 Å². The van der Waals surface area contributed by atoms with Crippen LogP contribution in [0.1, 0.15) is 46.5 Å². The first-order valence-electron chi connectivity index (χ1n) is 8.19. The predicted octanol–water partition coefficient (Wildman–Crippen LogP) is 2.80. The minimum Gasteiger partial charge on any atom is -0.460 e. The molecule has 0 fully saturated rings. The number of carbonyl (C=O) groups is 1. The Morgan fingerprint density at radius 2 is 1.43 bits per heavy atom. The molecular weight excluding hydrogens is 288 g/mol. The number of ether oxygens (including phenoxy) is 3. The molecule has 0 rings (SSSR count). The molecule has 0 spiro atoms. The summed E-state index contributed by atoms with van der Waals surface area (Å²) in [6, 6.07) is 0. The minimum absolute atomic E-state index is 0.0704. The van der Waals surface area contributed by atoms with Crippen LogP contribution in [0, 0.1) is 0 Å². The Hall–Kier alpha value is -0.260. The Balaban J connectivity index is 3.66. The third-order valence-electron chi connectivity index (χ3n) is 2.96. The molecule has 5 heteroatoms. The molecule has 0 N–H and O–H groups in total. The monoisotopic (exact) mass is 321 g/mol. The van der Waals surface area contributed by atoms with Gasteiger partial charge in [-0.2, -0.15) is 0 Å². The van der Waals surface area contributed by atoms with E-state index in [4.69, 9.17) is 14.2 Å². The van der Waals surface area contributed by atoms with Crippen LogP contribution in [0.25, 0.3) is 0 Å². The van der Waals surface area contributed by atoms with E-state index in [1.807, 2.05) is 6.92 Å². The third-order valence-corrected chi connectivity index (χ3v) is 5.34. The molecule has 0 heterocycles.